The number of likely N-dealkylation sites (tertiary alicyclic amines) is 1. The average molecular weight is 544 g/mol. The number of nitrogens with zero attached hydrogens (tertiary/aromatic N) is 2. The number of aromatic nitrogens is 1. The SMILES string of the molecule is O=C(Nc1ccccc1-c1ccc(OC(F)(F)F)cc1)c1csc(C2CCN(CCC(F)(F)F)CC2)n1. The second-order valence-corrected chi connectivity index (χ2v) is 9.51. The van der Waals surface area contributed by atoms with Crippen molar-refractivity contribution in [3.8, 4) is 16.9 Å². The molecule has 2 aromatic carbocycles. The van der Waals surface area contributed by atoms with E-state index in [1.807, 2.05) is 0 Å². The van der Waals surface area contributed by atoms with Crippen molar-refractivity contribution in [3.63, 3.8) is 0 Å². The molecule has 0 unspecified atom stereocenters. The number of amides is 1. The lowest BCUT2D eigenvalue weighted by molar-refractivity contribution is -0.274. The maximum Gasteiger partial charge on any atom is 0.573 e. The van der Waals surface area contributed by atoms with Crippen LogP contribution in [-0.2, 0) is 0 Å². The van der Waals surface area contributed by atoms with Crippen molar-refractivity contribution >= 4 is 22.9 Å². The Morgan fingerprint density at radius 2 is 1.70 bits per heavy atom. The Kier molecular flexibility index (Phi) is 8.08. The highest BCUT2D eigenvalue weighted by Crippen LogP contribution is 2.33. The zero-order valence-electron chi connectivity index (χ0n) is 19.4. The third-order valence-corrected chi connectivity index (χ3v) is 6.98. The molecule has 12 heteroatoms. The number of carbonyl (C=O) groups excluding carboxylic acids is 1. The Labute approximate surface area is 213 Å². The monoisotopic (exact) mass is 543 g/mol. The van der Waals surface area contributed by atoms with Crippen molar-refractivity contribution in [1.29, 1.82) is 0 Å². The molecule has 0 spiro atoms. The van der Waals surface area contributed by atoms with E-state index in [9.17, 15) is 31.1 Å². The first kappa shape index (κ1) is 26.9. The number of nitrogens with one attached hydrogen (secondary N) is 1. The molecule has 1 fully saturated rings. The zero-order chi connectivity index (χ0) is 26.6. The van der Waals surface area contributed by atoms with Gasteiger partial charge in [0.25, 0.3) is 5.91 Å². The van der Waals surface area contributed by atoms with Gasteiger partial charge < -0.3 is 15.0 Å². The summed E-state index contributed by atoms with van der Waals surface area (Å²) in [6, 6.07) is 12.2. The highest BCUT2D eigenvalue weighted by Gasteiger charge is 2.31. The van der Waals surface area contributed by atoms with E-state index >= 15 is 0 Å². The Bertz CT molecular complexity index is 1200. The lowest BCUT2D eigenvalue weighted by Crippen LogP contribution is -2.35. The summed E-state index contributed by atoms with van der Waals surface area (Å²) in [5.74, 6) is -0.702. The number of para-hydroxylation sites is 1. The van der Waals surface area contributed by atoms with Gasteiger partial charge >= 0.3 is 12.5 Å². The van der Waals surface area contributed by atoms with Gasteiger partial charge in [0.05, 0.1) is 11.4 Å². The van der Waals surface area contributed by atoms with Crippen molar-refractivity contribution in [1.82, 2.24) is 9.88 Å². The lowest BCUT2D eigenvalue weighted by Gasteiger charge is -2.31. The standard InChI is InChI=1S/C25H23F6N3O2S/c26-24(27,28)11-14-34-12-9-17(10-13-34)23-33-21(15-37-23)22(35)32-20-4-2-1-3-19(20)16-5-7-18(8-6-16)36-25(29,30)31/h1-8,15,17H,9-14H2,(H,32,35). The Morgan fingerprint density at radius 1 is 1.03 bits per heavy atom. The maximum absolute atomic E-state index is 12.9. The number of halogens is 6. The normalized spacial score (nSPS) is 15.5. The van der Waals surface area contributed by atoms with Crippen molar-refractivity contribution in [2.24, 2.45) is 0 Å². The molecule has 1 N–H and O–H groups in total. The van der Waals surface area contributed by atoms with Gasteiger partial charge in [-0.3, -0.25) is 4.79 Å². The Balaban J connectivity index is 1.38. The number of thiazole rings is 1. The summed E-state index contributed by atoms with van der Waals surface area (Å²) in [6.07, 6.45) is -8.44. The van der Waals surface area contributed by atoms with Gasteiger partial charge in [0.1, 0.15) is 11.4 Å². The number of benzene rings is 2. The van der Waals surface area contributed by atoms with Gasteiger partial charge in [0.15, 0.2) is 0 Å². The van der Waals surface area contributed by atoms with Crippen LogP contribution in [0.5, 0.6) is 5.75 Å². The fourth-order valence-electron chi connectivity index (χ4n) is 4.13. The molecule has 1 amide bonds. The summed E-state index contributed by atoms with van der Waals surface area (Å²) >= 11 is 1.34. The highest BCUT2D eigenvalue weighted by molar-refractivity contribution is 7.10. The Morgan fingerprint density at radius 3 is 2.35 bits per heavy atom. The molecule has 4 rings (SSSR count). The molecular weight excluding hydrogens is 520 g/mol. The van der Waals surface area contributed by atoms with E-state index in [2.05, 4.69) is 15.0 Å². The van der Waals surface area contributed by atoms with Crippen LogP contribution in [0.15, 0.2) is 53.9 Å². The summed E-state index contributed by atoms with van der Waals surface area (Å²) in [6.45, 7) is 1.07. The number of carbonyl (C=O) groups is 1. The molecule has 0 saturated carbocycles. The molecule has 5 nitrogen and oxygen atoms in total. The van der Waals surface area contributed by atoms with Crippen LogP contribution in [0.1, 0.15) is 40.7 Å². The predicted octanol–water partition coefficient (Wildman–Crippen LogP) is 7.09. The molecule has 1 aromatic heterocycles. The smallest absolute Gasteiger partial charge is 0.406 e. The summed E-state index contributed by atoms with van der Waals surface area (Å²) in [5.41, 5.74) is 1.88. The predicted molar refractivity (Wildman–Crippen MR) is 128 cm³/mol. The van der Waals surface area contributed by atoms with Crippen molar-refractivity contribution < 1.29 is 35.9 Å². The first-order valence-corrected chi connectivity index (χ1v) is 12.4. The number of anilines is 1. The average Bonchev–Trinajstić information content (AvgIpc) is 3.33. The Hall–Kier alpha value is -3.12. The molecule has 0 radical (unpaired) electrons. The lowest BCUT2D eigenvalue weighted by atomic mass is 9.97. The van der Waals surface area contributed by atoms with Crippen LogP contribution in [0.4, 0.5) is 32.0 Å². The van der Waals surface area contributed by atoms with E-state index in [1.54, 1.807) is 34.5 Å². The molecule has 37 heavy (non-hydrogen) atoms. The van der Waals surface area contributed by atoms with Crippen molar-refractivity contribution in [2.75, 3.05) is 25.0 Å². The van der Waals surface area contributed by atoms with Crippen LogP contribution in [0.2, 0.25) is 0 Å². The first-order chi connectivity index (χ1) is 17.5. The van der Waals surface area contributed by atoms with Crippen LogP contribution in [0.25, 0.3) is 11.1 Å². The molecule has 198 valence electrons. The molecule has 2 heterocycles. The first-order valence-electron chi connectivity index (χ1n) is 11.5. The summed E-state index contributed by atoms with van der Waals surface area (Å²) in [5, 5.41) is 5.23. The molecular formula is C25H23F6N3O2S. The minimum atomic E-state index is -4.79. The topological polar surface area (TPSA) is 54.5 Å². The largest absolute Gasteiger partial charge is 0.573 e. The summed E-state index contributed by atoms with van der Waals surface area (Å²) in [4.78, 5) is 19.2. The van der Waals surface area contributed by atoms with Crippen LogP contribution in [-0.4, -0.2) is 48.0 Å². The number of hydrogen-bond donors (Lipinski definition) is 1. The van der Waals surface area contributed by atoms with E-state index in [4.69, 9.17) is 0 Å². The summed E-state index contributed by atoms with van der Waals surface area (Å²) < 4.78 is 78.6. The summed E-state index contributed by atoms with van der Waals surface area (Å²) in [7, 11) is 0. The zero-order valence-corrected chi connectivity index (χ0v) is 20.2. The third kappa shape index (κ3) is 7.68. The van der Waals surface area contributed by atoms with Gasteiger partial charge in [-0.05, 0) is 49.7 Å². The number of hydrogen-bond acceptors (Lipinski definition) is 5. The van der Waals surface area contributed by atoms with E-state index in [1.165, 1.54) is 35.6 Å². The van der Waals surface area contributed by atoms with Gasteiger partial charge in [-0.1, -0.05) is 30.3 Å². The van der Waals surface area contributed by atoms with E-state index < -0.39 is 24.9 Å². The van der Waals surface area contributed by atoms with Crippen LogP contribution >= 0.6 is 11.3 Å². The number of alkyl halides is 6. The molecule has 0 bridgehead atoms. The molecule has 1 saturated heterocycles. The van der Waals surface area contributed by atoms with Crippen LogP contribution in [0, 0.1) is 0 Å². The minimum absolute atomic E-state index is 0.0146. The minimum Gasteiger partial charge on any atom is -0.406 e. The number of piperidine rings is 1. The quantitative estimate of drug-likeness (QED) is 0.323. The second-order valence-electron chi connectivity index (χ2n) is 8.62. The van der Waals surface area contributed by atoms with E-state index in [-0.39, 0.29) is 23.9 Å². The third-order valence-electron chi connectivity index (χ3n) is 5.98. The van der Waals surface area contributed by atoms with Gasteiger partial charge in [0.2, 0.25) is 0 Å². The number of rotatable bonds is 7. The maximum atomic E-state index is 12.9. The van der Waals surface area contributed by atoms with Crippen molar-refractivity contribution in [3.05, 3.63) is 64.6 Å². The molecule has 1 aliphatic rings. The van der Waals surface area contributed by atoms with Gasteiger partial charge in [-0.25, -0.2) is 4.98 Å². The molecule has 1 aliphatic heterocycles. The van der Waals surface area contributed by atoms with E-state index in [0.29, 0.717) is 42.7 Å². The van der Waals surface area contributed by atoms with Crippen LogP contribution in [0.3, 0.4) is 0 Å². The fraction of sp³-hybridized carbons (Fsp3) is 0.360. The second kappa shape index (κ2) is 11.1. The van der Waals surface area contributed by atoms with Gasteiger partial charge in [-0.15, -0.1) is 24.5 Å². The molecule has 0 atom stereocenters. The highest BCUT2D eigenvalue weighted by atomic mass is 32.1. The molecule has 0 aliphatic carbocycles. The van der Waals surface area contributed by atoms with Crippen LogP contribution < -0.4 is 10.1 Å². The van der Waals surface area contributed by atoms with Gasteiger partial charge in [-0.2, -0.15) is 13.2 Å². The molecule has 3 aromatic rings. The van der Waals surface area contributed by atoms with Crippen molar-refractivity contribution in [2.45, 2.75) is 37.7 Å². The fourth-order valence-corrected chi connectivity index (χ4v) is 5.11. The van der Waals surface area contributed by atoms with Gasteiger partial charge in [0, 0.05) is 29.1 Å². The van der Waals surface area contributed by atoms with E-state index in [0.717, 1.165) is 5.01 Å². The number of ether oxygens (including phenoxy) is 1.